The van der Waals surface area contributed by atoms with Crippen LogP contribution < -0.4 is 4.74 Å². The van der Waals surface area contributed by atoms with Crippen LogP contribution in [0, 0.1) is 10.1 Å². The molecule has 0 aliphatic heterocycles. The highest BCUT2D eigenvalue weighted by atomic mass is 19.4. The predicted octanol–water partition coefficient (Wildman–Crippen LogP) is 2.59. The maximum Gasteiger partial charge on any atom is 0.573 e. The number of ether oxygens (including phenoxy) is 1. The normalized spacial score (nSPS) is 11.5. The minimum atomic E-state index is -5.08. The molecule has 0 aliphatic rings. The van der Waals surface area contributed by atoms with E-state index in [2.05, 4.69) is 4.74 Å². The highest BCUT2D eigenvalue weighted by molar-refractivity contribution is 5.86. The number of benzene rings is 1. The van der Waals surface area contributed by atoms with Gasteiger partial charge in [0, 0.05) is 6.08 Å². The van der Waals surface area contributed by atoms with E-state index in [0.29, 0.717) is 6.08 Å². The van der Waals surface area contributed by atoms with Gasteiger partial charge in [-0.3, -0.25) is 10.1 Å². The zero-order valence-corrected chi connectivity index (χ0v) is 9.05. The first-order valence-electron chi connectivity index (χ1n) is 4.65. The van der Waals surface area contributed by atoms with Gasteiger partial charge in [-0.2, -0.15) is 0 Å². The molecule has 102 valence electrons. The molecule has 0 amide bonds. The highest BCUT2D eigenvalue weighted by Crippen LogP contribution is 2.35. The third kappa shape index (κ3) is 4.30. The Morgan fingerprint density at radius 2 is 2.05 bits per heavy atom. The van der Waals surface area contributed by atoms with Crippen molar-refractivity contribution < 1.29 is 32.7 Å². The summed E-state index contributed by atoms with van der Waals surface area (Å²) in [6, 6.07) is 2.94. The Bertz CT molecular complexity index is 538. The number of nitro benzene ring substituents is 1. The molecule has 1 N–H and O–H groups in total. The molecule has 6 nitrogen and oxygen atoms in total. The topological polar surface area (TPSA) is 89.7 Å². The smallest absolute Gasteiger partial charge is 0.478 e. The standard InChI is InChI=1S/C10H6F3NO5/c11-10(12,13)19-7-3-1-2-6(4-5-8(15)16)9(7)14(17)18/h1-5H,(H,15,16)/b5-4+. The Balaban J connectivity index is 3.30. The van der Waals surface area contributed by atoms with E-state index in [1.54, 1.807) is 0 Å². The second-order valence-electron chi connectivity index (χ2n) is 3.17. The first-order chi connectivity index (χ1) is 8.70. The van der Waals surface area contributed by atoms with Crippen LogP contribution in [0.25, 0.3) is 6.08 Å². The summed E-state index contributed by atoms with van der Waals surface area (Å²) in [5.41, 5.74) is -1.27. The van der Waals surface area contributed by atoms with Crippen LogP contribution in [-0.2, 0) is 4.79 Å². The number of carboxylic acid groups (broad SMARTS) is 1. The van der Waals surface area contributed by atoms with Crippen molar-refractivity contribution in [3.63, 3.8) is 0 Å². The van der Waals surface area contributed by atoms with Crippen molar-refractivity contribution in [2.75, 3.05) is 0 Å². The van der Waals surface area contributed by atoms with E-state index in [0.717, 1.165) is 24.3 Å². The van der Waals surface area contributed by atoms with Crippen LogP contribution in [0.1, 0.15) is 5.56 Å². The number of carbonyl (C=O) groups is 1. The molecule has 0 fully saturated rings. The average molecular weight is 277 g/mol. The van der Waals surface area contributed by atoms with Crippen LogP contribution in [0.2, 0.25) is 0 Å². The van der Waals surface area contributed by atoms with E-state index >= 15 is 0 Å². The highest BCUT2D eigenvalue weighted by Gasteiger charge is 2.35. The lowest BCUT2D eigenvalue weighted by atomic mass is 10.1. The number of carboxylic acids is 1. The van der Waals surface area contributed by atoms with Crippen molar-refractivity contribution in [3.8, 4) is 5.75 Å². The maximum absolute atomic E-state index is 12.1. The van der Waals surface area contributed by atoms with Gasteiger partial charge in [0.25, 0.3) is 0 Å². The second-order valence-corrected chi connectivity index (χ2v) is 3.17. The third-order valence-corrected chi connectivity index (χ3v) is 1.84. The molecule has 0 aromatic heterocycles. The number of nitrogens with zero attached hydrogens (tertiary/aromatic N) is 1. The number of nitro groups is 1. The third-order valence-electron chi connectivity index (χ3n) is 1.84. The van der Waals surface area contributed by atoms with Gasteiger partial charge in [0.2, 0.25) is 5.75 Å². The summed E-state index contributed by atoms with van der Waals surface area (Å²) in [5.74, 6) is -2.40. The van der Waals surface area contributed by atoms with Crippen LogP contribution >= 0.6 is 0 Å². The van der Waals surface area contributed by atoms with Gasteiger partial charge in [-0.25, -0.2) is 4.79 Å². The van der Waals surface area contributed by atoms with Crippen LogP contribution in [0.5, 0.6) is 5.75 Å². The SMILES string of the molecule is O=C(O)/C=C/c1cccc(OC(F)(F)F)c1[N+](=O)[O-]. The minimum Gasteiger partial charge on any atom is -0.478 e. The monoisotopic (exact) mass is 277 g/mol. The first-order valence-corrected chi connectivity index (χ1v) is 4.65. The van der Waals surface area contributed by atoms with Crippen molar-refractivity contribution in [1.29, 1.82) is 0 Å². The number of alkyl halides is 3. The van der Waals surface area contributed by atoms with E-state index in [-0.39, 0.29) is 5.56 Å². The Labute approximate surface area is 103 Å². The Kier molecular flexibility index (Phi) is 4.10. The number of hydrogen-bond acceptors (Lipinski definition) is 4. The maximum atomic E-state index is 12.1. The average Bonchev–Trinajstić information content (AvgIpc) is 2.23. The Morgan fingerprint density at radius 1 is 1.42 bits per heavy atom. The van der Waals surface area contributed by atoms with Crippen molar-refractivity contribution >= 4 is 17.7 Å². The molecule has 0 saturated heterocycles. The van der Waals surface area contributed by atoms with Gasteiger partial charge in [0.05, 0.1) is 10.5 Å². The van der Waals surface area contributed by atoms with Crippen LogP contribution in [-0.4, -0.2) is 22.4 Å². The minimum absolute atomic E-state index is 0.311. The van der Waals surface area contributed by atoms with Gasteiger partial charge in [-0.15, -0.1) is 13.2 Å². The van der Waals surface area contributed by atoms with E-state index < -0.39 is 28.7 Å². The van der Waals surface area contributed by atoms with Gasteiger partial charge in [0.15, 0.2) is 0 Å². The van der Waals surface area contributed by atoms with Gasteiger partial charge in [-0.05, 0) is 18.2 Å². The zero-order valence-electron chi connectivity index (χ0n) is 9.05. The molecular formula is C10H6F3NO5. The molecule has 0 bridgehead atoms. The number of rotatable bonds is 4. The lowest BCUT2D eigenvalue weighted by molar-refractivity contribution is -0.388. The molecule has 1 rings (SSSR count). The fourth-order valence-corrected chi connectivity index (χ4v) is 1.24. The van der Waals surface area contributed by atoms with E-state index in [9.17, 15) is 28.1 Å². The number of halogens is 3. The molecule has 1 aromatic carbocycles. The molecule has 1 aromatic rings. The largest absolute Gasteiger partial charge is 0.573 e. The molecule has 0 spiro atoms. The summed E-state index contributed by atoms with van der Waals surface area (Å²) in [6.07, 6.45) is -3.71. The lowest BCUT2D eigenvalue weighted by Crippen LogP contribution is -2.18. The van der Waals surface area contributed by atoms with Crippen LogP contribution in [0.4, 0.5) is 18.9 Å². The molecular weight excluding hydrogens is 271 g/mol. The van der Waals surface area contributed by atoms with E-state index in [4.69, 9.17) is 5.11 Å². The zero-order chi connectivity index (χ0) is 14.6. The Hall–Kier alpha value is -2.58. The predicted molar refractivity (Wildman–Crippen MR) is 56.4 cm³/mol. The van der Waals surface area contributed by atoms with Crippen LogP contribution in [0.15, 0.2) is 24.3 Å². The lowest BCUT2D eigenvalue weighted by Gasteiger charge is -2.09. The van der Waals surface area contributed by atoms with Crippen molar-refractivity contribution in [2.45, 2.75) is 6.36 Å². The summed E-state index contributed by atoms with van der Waals surface area (Å²) in [7, 11) is 0. The molecule has 0 saturated carbocycles. The molecule has 0 aliphatic carbocycles. The van der Waals surface area contributed by atoms with Crippen LogP contribution in [0.3, 0.4) is 0 Å². The summed E-state index contributed by atoms with van der Waals surface area (Å²) < 4.78 is 39.7. The van der Waals surface area contributed by atoms with Crippen molar-refractivity contribution in [1.82, 2.24) is 0 Å². The molecule has 0 atom stereocenters. The quantitative estimate of drug-likeness (QED) is 0.519. The molecule has 19 heavy (non-hydrogen) atoms. The fourth-order valence-electron chi connectivity index (χ4n) is 1.24. The summed E-state index contributed by atoms with van der Waals surface area (Å²) >= 11 is 0. The first kappa shape index (κ1) is 14.5. The molecule has 9 heteroatoms. The van der Waals surface area contributed by atoms with Gasteiger partial charge < -0.3 is 9.84 Å². The molecule has 0 unspecified atom stereocenters. The van der Waals surface area contributed by atoms with E-state index in [1.807, 2.05) is 0 Å². The molecule has 0 radical (unpaired) electrons. The Morgan fingerprint density at radius 3 is 2.53 bits per heavy atom. The summed E-state index contributed by atoms with van der Waals surface area (Å²) in [5, 5.41) is 19.1. The summed E-state index contributed by atoms with van der Waals surface area (Å²) in [4.78, 5) is 20.0. The number of para-hydroxylation sites is 1. The van der Waals surface area contributed by atoms with Gasteiger partial charge in [-0.1, -0.05) is 6.07 Å². The molecule has 0 heterocycles. The van der Waals surface area contributed by atoms with Crippen molar-refractivity contribution in [3.05, 3.63) is 40.0 Å². The van der Waals surface area contributed by atoms with Gasteiger partial charge in [0.1, 0.15) is 0 Å². The second kappa shape index (κ2) is 5.38. The van der Waals surface area contributed by atoms with Gasteiger partial charge >= 0.3 is 18.0 Å². The number of aliphatic carboxylic acids is 1. The number of hydrogen-bond donors (Lipinski definition) is 1. The van der Waals surface area contributed by atoms with E-state index in [1.165, 1.54) is 0 Å². The van der Waals surface area contributed by atoms with Crippen molar-refractivity contribution in [2.24, 2.45) is 0 Å². The summed E-state index contributed by atoms with van der Waals surface area (Å²) in [6.45, 7) is 0. The fraction of sp³-hybridized carbons (Fsp3) is 0.100.